The Morgan fingerprint density at radius 1 is 0.278 bits per heavy atom. The maximum absolute atomic E-state index is 12.8. The van der Waals surface area contributed by atoms with E-state index in [2.05, 4.69) is 0 Å². The lowest BCUT2D eigenvalue weighted by Crippen LogP contribution is -2.64. The van der Waals surface area contributed by atoms with Crippen LogP contribution >= 0.6 is 0 Å². The van der Waals surface area contributed by atoms with Crippen molar-refractivity contribution in [2.24, 2.45) is 0 Å². The highest BCUT2D eigenvalue weighted by molar-refractivity contribution is 5.89. The third kappa shape index (κ3) is 20.9. The minimum absolute atomic E-state index is 0.00857. The molecule has 4 aromatic heterocycles. The molecule has 0 amide bonds. The molecule has 25 atom stereocenters. The number of hydrogen-bond acceptors (Lipinski definition) is 42. The normalized spacial score (nSPS) is 28.7. The molecule has 5 fully saturated rings. The highest BCUT2D eigenvalue weighted by Crippen LogP contribution is 2.41. The number of aliphatic hydroxyl groups is 18. The van der Waals surface area contributed by atoms with Crippen LogP contribution in [0.2, 0.25) is 0 Å². The topological polar surface area (TPSA) is 699 Å². The second kappa shape index (κ2) is 41.0. The first-order chi connectivity index (χ1) is 63.4. The van der Waals surface area contributed by atoms with Crippen molar-refractivity contribution in [1.29, 1.82) is 0 Å². The number of ether oxygens (including phenoxy) is 10. The molecule has 0 bridgehead atoms. The van der Waals surface area contributed by atoms with Crippen molar-refractivity contribution in [2.45, 2.75) is 167 Å². The predicted molar refractivity (Wildman–Crippen MR) is 455 cm³/mol. The van der Waals surface area contributed by atoms with Crippen LogP contribution in [0.25, 0.3) is 89.2 Å². The van der Waals surface area contributed by atoms with Crippen LogP contribution in [0.3, 0.4) is 0 Å². The molecule has 42 nitrogen and oxygen atoms in total. The van der Waals surface area contributed by atoms with E-state index in [1.165, 1.54) is 91.9 Å². The molecule has 0 unspecified atom stereocenters. The number of phenols is 6. The van der Waals surface area contributed by atoms with Gasteiger partial charge in [0.2, 0.25) is 25.2 Å². The highest BCUT2D eigenvalue weighted by atomic mass is 16.8. The van der Waals surface area contributed by atoms with Crippen molar-refractivity contribution in [3.63, 3.8) is 0 Å². The lowest BCUT2D eigenvalue weighted by atomic mass is 9.97. The van der Waals surface area contributed by atoms with E-state index in [-0.39, 0.29) is 95.7 Å². The third-order valence-corrected chi connectivity index (χ3v) is 22.3. The number of fused-ring (bicyclic) bond motifs is 4. The molecule has 42 heteroatoms. The quantitative estimate of drug-likeness (QED) is 0.0535. The minimum atomic E-state index is -1.76. The van der Waals surface area contributed by atoms with Gasteiger partial charge in [0.05, 0.1) is 32.5 Å². The fourth-order valence-electron chi connectivity index (χ4n) is 15.0. The molecule has 8 aromatic carbocycles. The average molecular weight is 1860 g/mol. The largest absolute Gasteiger partial charge is 0.508 e. The van der Waals surface area contributed by atoms with Gasteiger partial charge < -0.3 is 188 Å². The van der Waals surface area contributed by atoms with Crippen LogP contribution in [0.5, 0.6) is 57.5 Å². The molecule has 0 aliphatic carbocycles. The van der Waals surface area contributed by atoms with Crippen molar-refractivity contribution in [2.75, 3.05) is 26.4 Å². The molecule has 0 saturated carbocycles. The minimum Gasteiger partial charge on any atom is -0.508 e. The molecule has 12 aromatic rings. The predicted octanol–water partition coefficient (Wildman–Crippen LogP) is -0.0514. The number of phenolic OH excluding ortho intramolecular Hbond substituents is 6. The second-order valence-corrected chi connectivity index (χ2v) is 31.5. The Labute approximate surface area is 747 Å². The van der Waals surface area contributed by atoms with Gasteiger partial charge in [-0.05, 0) is 62.4 Å². The lowest BCUT2D eigenvalue weighted by molar-refractivity contribution is -0.354. The number of hydrogen-bond donors (Lipinski definition) is 24. The van der Waals surface area contributed by atoms with Gasteiger partial charge in [0.25, 0.3) is 0 Å². The molecule has 24 N–H and O–H groups in total. The summed E-state index contributed by atoms with van der Waals surface area (Å²) in [6.07, 6.45) is -37.5. The summed E-state index contributed by atoms with van der Waals surface area (Å²) in [5.74, 6) is -1.02. The molecule has 17 rings (SSSR count). The van der Waals surface area contributed by atoms with Gasteiger partial charge in [0.1, 0.15) is 234 Å². The summed E-state index contributed by atoms with van der Waals surface area (Å²) in [6.45, 7) is 0.793. The Morgan fingerprint density at radius 2 is 0.541 bits per heavy atom. The molecular weight excluding hydrogens is 1760 g/mol. The van der Waals surface area contributed by atoms with Gasteiger partial charge in [-0.25, -0.2) is 0 Å². The number of aromatic hydroxyl groups is 6. The number of rotatable bonds is 18. The van der Waals surface area contributed by atoms with Crippen LogP contribution in [0.4, 0.5) is 0 Å². The van der Waals surface area contributed by atoms with Gasteiger partial charge in [0, 0.05) is 95.1 Å². The maximum atomic E-state index is 12.8. The molecule has 9 heterocycles. The van der Waals surface area contributed by atoms with Crippen LogP contribution in [0, 0.1) is 6.92 Å². The summed E-state index contributed by atoms with van der Waals surface area (Å²) >= 11 is 0. The maximum Gasteiger partial charge on any atom is 0.229 e. The van der Waals surface area contributed by atoms with E-state index in [0.717, 1.165) is 29.8 Å². The van der Waals surface area contributed by atoms with Gasteiger partial charge in [-0.3, -0.25) is 19.2 Å². The van der Waals surface area contributed by atoms with Crippen LogP contribution in [0.15, 0.2) is 213 Å². The summed E-state index contributed by atoms with van der Waals surface area (Å²) in [6, 6.07) is 42.7. The molecule has 708 valence electrons. The summed E-state index contributed by atoms with van der Waals surface area (Å²) in [5.41, 5.74) is 1.36. The fourth-order valence-corrected chi connectivity index (χ4v) is 15.0. The molecular formula is C91H92O42. The van der Waals surface area contributed by atoms with Crippen molar-refractivity contribution in [3.8, 4) is 103 Å². The van der Waals surface area contributed by atoms with E-state index >= 15 is 0 Å². The van der Waals surface area contributed by atoms with Crippen molar-refractivity contribution in [3.05, 3.63) is 222 Å². The standard InChI is InChI=1S/C27H30O14.C22H22O9.C21H20O10.C21H20O9/c1-10-20(32)22(34)24(36)26(37-10)41-25-23(35)21(33)18(9-28)40-27(25)38-13-6-14(30)19-15(31)8-16(39-17(19)7-13)11-2-4-12(29)5-3-11;1-10-2-4-11(5-3-10)15-8-14(25)18-13(24)6-12(7-16(18)30-15)29-22-21(28)20(27)19(26)17(9-23)31-22;22-8-16-18(26)19(27)20(28)21(31-16)29-11-5-12(24)17-13(25)7-14(30-15(17)6-11)9-1-3-10(23)4-2-9;22-9-16-18(25)19(26)20(27)21(30-16)28-11-6-12(23)17-13(24)8-14(29-15(17)7-11)10-4-2-1-3-5-10/h2-8,10,18,20-30,32-36H,9H2,1H3;2-8,17,19-24,26-28H,9H2,1H3;1-7,16,18-24,26-28H,8H2;1-8,16,18-23,25-27H,9H2/t10-,18+,20-,21+,22+,23-,24+,25+,26-,27+;17-,19-,20+,21-,22-;2*16-,18-,19+,20-,21-/m0111/s1. The lowest BCUT2D eigenvalue weighted by Gasteiger charge is -2.45. The van der Waals surface area contributed by atoms with Crippen LogP contribution < -0.4 is 40.7 Å². The Bertz CT molecular complexity index is 6120. The Morgan fingerprint density at radius 3 is 0.850 bits per heavy atom. The molecule has 5 aliphatic rings. The zero-order valence-corrected chi connectivity index (χ0v) is 69.6. The second-order valence-electron chi connectivity index (χ2n) is 31.5. The van der Waals surface area contributed by atoms with Crippen LogP contribution in [-0.4, -0.2) is 303 Å². The van der Waals surface area contributed by atoms with Crippen molar-refractivity contribution < 1.29 is 188 Å². The average Bonchev–Trinajstić information content (AvgIpc) is 0.778. The first kappa shape index (κ1) is 96.7. The molecule has 0 radical (unpaired) electrons. The van der Waals surface area contributed by atoms with Gasteiger partial charge in [0.15, 0.2) is 34.1 Å². The van der Waals surface area contributed by atoms with Gasteiger partial charge in [-0.2, -0.15) is 0 Å². The summed E-state index contributed by atoms with van der Waals surface area (Å²) in [7, 11) is 0. The van der Waals surface area contributed by atoms with Crippen LogP contribution in [-0.2, 0) is 28.4 Å². The van der Waals surface area contributed by atoms with Gasteiger partial charge >= 0.3 is 0 Å². The first-order valence-corrected chi connectivity index (χ1v) is 40.9. The van der Waals surface area contributed by atoms with E-state index < -0.39 is 225 Å². The summed E-state index contributed by atoms with van der Waals surface area (Å²) in [5, 5.41) is 239. The smallest absolute Gasteiger partial charge is 0.229 e. The fraction of sp³-hybridized carbons (Fsp3) is 0.341. The summed E-state index contributed by atoms with van der Waals surface area (Å²) in [4.78, 5) is 50.3. The van der Waals surface area contributed by atoms with E-state index in [9.17, 15) is 142 Å². The zero-order chi connectivity index (χ0) is 95.6. The van der Waals surface area contributed by atoms with E-state index in [1.807, 2.05) is 25.1 Å². The zero-order valence-electron chi connectivity index (χ0n) is 69.6. The molecule has 133 heavy (non-hydrogen) atoms. The number of aryl methyl sites for hydroxylation is 1. The molecule has 5 aliphatic heterocycles. The third-order valence-electron chi connectivity index (χ3n) is 22.3. The van der Waals surface area contributed by atoms with Crippen molar-refractivity contribution >= 4 is 43.9 Å². The Kier molecular flexibility index (Phi) is 29.8. The SMILES string of the molecule is C[C@@H]1O[C@@H](O[C@H]2[C@H](Oc3cc(O)c4c(=O)cc(-c5ccc(O)cc5)oc4c3)O[C@H](CO)[C@@H](O)[C@@H]2O)[C@H](O)[C@H](O)[C@H]1O.Cc1ccc(-c2cc(=O)c3c(O)cc(O[C@@H]4O[C@H](CO)[C@@H](O)[C@H](O)[C@H]4O)cc3o2)cc1.O=c1cc(-c2ccc(O)cc2)oc2cc(O[C@@H]3O[C@H](CO)[C@@H](O)[C@H](O)[C@H]3O)cc(O)c12.O=c1cc(-c2ccccc2)oc2cc(O[C@@H]3O[C@H](CO)[C@@H](O)[C@H](O)[C@H]3O)cc(O)c12. The number of aliphatic hydroxyl groups excluding tert-OH is 18. The van der Waals surface area contributed by atoms with E-state index in [0.29, 0.717) is 28.0 Å². The van der Waals surface area contributed by atoms with Crippen LogP contribution in [0.1, 0.15) is 12.5 Å². The van der Waals surface area contributed by atoms with Crippen molar-refractivity contribution in [1.82, 2.24) is 0 Å². The highest BCUT2D eigenvalue weighted by Gasteiger charge is 2.52. The molecule has 0 spiro atoms. The Hall–Kier alpha value is -12.4. The van der Waals surface area contributed by atoms with E-state index in [4.69, 9.17) is 65.0 Å². The summed E-state index contributed by atoms with van der Waals surface area (Å²) < 4.78 is 78.1. The Balaban J connectivity index is 0.000000144. The van der Waals surface area contributed by atoms with Gasteiger partial charge in [-0.15, -0.1) is 0 Å². The first-order valence-electron chi connectivity index (χ1n) is 40.9. The monoisotopic (exact) mass is 1860 g/mol. The van der Waals surface area contributed by atoms with Gasteiger partial charge in [-0.1, -0.05) is 60.2 Å². The van der Waals surface area contributed by atoms with E-state index in [1.54, 1.807) is 48.5 Å². The number of benzene rings is 8. The molecule has 5 saturated heterocycles.